The number of hydrogen-bond donors (Lipinski definition) is 1. The molecule has 4 rings (SSSR count). The summed E-state index contributed by atoms with van der Waals surface area (Å²) in [4.78, 5) is 14.7. The van der Waals surface area contributed by atoms with E-state index in [0.29, 0.717) is 18.4 Å². The molecule has 1 aliphatic heterocycles. The largest absolute Gasteiger partial charge is 0.495 e. The first-order valence-electron chi connectivity index (χ1n) is 14.2. The third kappa shape index (κ3) is 7.73. The van der Waals surface area contributed by atoms with Crippen molar-refractivity contribution in [3.05, 3.63) is 48.2 Å². The molecule has 1 N–H and O–H groups in total. The van der Waals surface area contributed by atoms with Crippen molar-refractivity contribution in [1.29, 1.82) is 0 Å². The van der Waals surface area contributed by atoms with Crippen molar-refractivity contribution in [2.75, 3.05) is 6.54 Å². The van der Waals surface area contributed by atoms with Crippen LogP contribution in [0.25, 0.3) is 0 Å². The van der Waals surface area contributed by atoms with Crippen molar-refractivity contribution >= 4 is 6.09 Å². The van der Waals surface area contributed by atoms with E-state index in [1.165, 1.54) is 38.5 Å². The molecule has 0 aromatic heterocycles. The quantitative estimate of drug-likeness (QED) is 0.385. The molecule has 3 aliphatic rings. The Morgan fingerprint density at radius 2 is 1.57 bits per heavy atom. The second-order valence-corrected chi connectivity index (χ2v) is 10.9. The molecule has 1 heterocycles. The van der Waals surface area contributed by atoms with Gasteiger partial charge in [0, 0.05) is 12.6 Å². The zero-order valence-electron chi connectivity index (χ0n) is 21.4. The van der Waals surface area contributed by atoms with E-state index in [0.717, 1.165) is 63.5 Å². The third-order valence-electron chi connectivity index (χ3n) is 8.39. The van der Waals surface area contributed by atoms with E-state index in [1.807, 2.05) is 41.5 Å². The lowest BCUT2D eigenvalue weighted by atomic mass is 9.76. The normalized spacial score (nSPS) is 24.3. The van der Waals surface area contributed by atoms with E-state index in [2.05, 4.69) is 6.08 Å². The van der Waals surface area contributed by atoms with Gasteiger partial charge in [-0.15, -0.1) is 0 Å². The van der Waals surface area contributed by atoms with Gasteiger partial charge in [-0.2, -0.15) is 0 Å². The lowest BCUT2D eigenvalue weighted by Gasteiger charge is -2.37. The fourth-order valence-corrected chi connectivity index (χ4v) is 6.32. The topological polar surface area (TPSA) is 59.0 Å². The maximum atomic E-state index is 12.8. The number of hydrogen-bond acceptors (Lipinski definition) is 4. The second-order valence-electron chi connectivity index (χ2n) is 10.9. The van der Waals surface area contributed by atoms with Crippen LogP contribution in [0.4, 0.5) is 4.79 Å². The van der Waals surface area contributed by atoms with Crippen LogP contribution in [-0.2, 0) is 16.1 Å². The number of likely N-dealkylation sites (tertiary alicyclic amines) is 1. The molecule has 0 bridgehead atoms. The summed E-state index contributed by atoms with van der Waals surface area (Å²) in [6, 6.07) is 9.99. The molecule has 194 valence electrons. The molecule has 0 spiro atoms. The summed E-state index contributed by atoms with van der Waals surface area (Å²) in [6.45, 7) is 1.06. The first-order chi connectivity index (χ1) is 17.2. The zero-order chi connectivity index (χ0) is 24.3. The Hall–Kier alpha value is -2.01. The highest BCUT2D eigenvalue weighted by Gasteiger charge is 2.36. The van der Waals surface area contributed by atoms with Gasteiger partial charge in [0.1, 0.15) is 12.7 Å². The Bertz CT molecular complexity index is 770. The molecule has 1 aromatic rings. The number of aliphatic hydroxyl groups is 1. The van der Waals surface area contributed by atoms with Crippen LogP contribution in [0, 0.1) is 11.8 Å². The molecule has 1 amide bonds. The van der Waals surface area contributed by atoms with E-state index >= 15 is 0 Å². The standard InChI is InChI=1S/C30H45NO4/c32-28(25-15-6-2-7-16-25)29(26-17-8-3-9-18-26)34-22-12-20-27-19-10-11-21-31(27)30(33)35-23-24-13-4-1-5-14-24/h1,4-5,12-14,22,25-29,32H,2-3,6-11,15-21,23H2/b22-12+/t27-,28+,29+/m0/s1. The fourth-order valence-electron chi connectivity index (χ4n) is 6.32. The molecule has 1 aromatic carbocycles. The van der Waals surface area contributed by atoms with E-state index in [4.69, 9.17) is 9.47 Å². The fraction of sp³-hybridized carbons (Fsp3) is 0.700. The molecule has 2 saturated carbocycles. The Morgan fingerprint density at radius 3 is 2.29 bits per heavy atom. The molecule has 0 unspecified atom stereocenters. The molecule has 5 nitrogen and oxygen atoms in total. The number of amides is 1. The number of ether oxygens (including phenoxy) is 2. The molecular formula is C30H45NO4. The predicted octanol–water partition coefficient (Wildman–Crippen LogP) is 6.99. The summed E-state index contributed by atoms with van der Waals surface area (Å²) in [6.07, 6.45) is 19.2. The van der Waals surface area contributed by atoms with Crippen molar-refractivity contribution < 1.29 is 19.4 Å². The Kier molecular flexibility index (Phi) is 10.4. The minimum atomic E-state index is -0.373. The van der Waals surface area contributed by atoms with Gasteiger partial charge in [-0.05, 0) is 74.8 Å². The number of benzene rings is 1. The number of carbonyl (C=O) groups is 1. The minimum absolute atomic E-state index is 0.104. The molecule has 5 heteroatoms. The molecule has 0 radical (unpaired) electrons. The Morgan fingerprint density at radius 1 is 0.914 bits per heavy atom. The summed E-state index contributed by atoms with van der Waals surface area (Å²) in [5, 5.41) is 11.3. The van der Waals surface area contributed by atoms with E-state index in [1.54, 1.807) is 0 Å². The Labute approximate surface area is 211 Å². The van der Waals surface area contributed by atoms with Gasteiger partial charge < -0.3 is 19.5 Å². The van der Waals surface area contributed by atoms with Gasteiger partial charge in [-0.3, -0.25) is 0 Å². The number of rotatable bonds is 9. The Balaban J connectivity index is 1.31. The first kappa shape index (κ1) is 26.1. The molecule has 3 fully saturated rings. The first-order valence-corrected chi connectivity index (χ1v) is 14.2. The van der Waals surface area contributed by atoms with Gasteiger partial charge >= 0.3 is 6.09 Å². The average molecular weight is 484 g/mol. The number of carbonyl (C=O) groups excluding carboxylic acids is 1. The van der Waals surface area contributed by atoms with Crippen LogP contribution in [0.15, 0.2) is 42.7 Å². The number of piperidine rings is 1. The minimum Gasteiger partial charge on any atom is -0.495 e. The summed E-state index contributed by atoms with van der Waals surface area (Å²) in [5.41, 5.74) is 1.01. The van der Waals surface area contributed by atoms with Crippen LogP contribution in [-0.4, -0.2) is 40.9 Å². The van der Waals surface area contributed by atoms with Crippen molar-refractivity contribution in [1.82, 2.24) is 4.90 Å². The summed E-state index contributed by atoms with van der Waals surface area (Å²) < 4.78 is 11.9. The van der Waals surface area contributed by atoms with E-state index in [-0.39, 0.29) is 24.3 Å². The SMILES string of the molecule is O=C(OCc1ccccc1)N1CCCC[C@H]1C/C=C/O[C@H](C1CCCCC1)[C@H](O)C1CCCCC1. The average Bonchev–Trinajstić information content (AvgIpc) is 2.93. The second kappa shape index (κ2) is 13.9. The molecule has 3 atom stereocenters. The van der Waals surface area contributed by atoms with Gasteiger partial charge in [-0.1, -0.05) is 68.9 Å². The highest BCUT2D eigenvalue weighted by molar-refractivity contribution is 5.68. The van der Waals surface area contributed by atoms with Crippen LogP contribution in [0.3, 0.4) is 0 Å². The smallest absolute Gasteiger partial charge is 0.410 e. The molecular weight excluding hydrogens is 438 g/mol. The summed E-state index contributed by atoms with van der Waals surface area (Å²) in [5.74, 6) is 0.821. The van der Waals surface area contributed by atoms with Crippen LogP contribution in [0.1, 0.15) is 95.5 Å². The predicted molar refractivity (Wildman–Crippen MR) is 139 cm³/mol. The van der Waals surface area contributed by atoms with Crippen LogP contribution in [0.2, 0.25) is 0 Å². The maximum Gasteiger partial charge on any atom is 0.410 e. The highest BCUT2D eigenvalue weighted by atomic mass is 16.6. The van der Waals surface area contributed by atoms with Crippen LogP contribution < -0.4 is 0 Å². The lowest BCUT2D eigenvalue weighted by Crippen LogP contribution is -2.43. The maximum absolute atomic E-state index is 12.8. The summed E-state index contributed by atoms with van der Waals surface area (Å²) >= 11 is 0. The highest BCUT2D eigenvalue weighted by Crippen LogP contribution is 2.35. The third-order valence-corrected chi connectivity index (χ3v) is 8.39. The summed E-state index contributed by atoms with van der Waals surface area (Å²) in [7, 11) is 0. The van der Waals surface area contributed by atoms with Gasteiger partial charge in [0.2, 0.25) is 0 Å². The van der Waals surface area contributed by atoms with E-state index in [9.17, 15) is 9.90 Å². The van der Waals surface area contributed by atoms with Gasteiger partial charge in [0.05, 0.1) is 12.4 Å². The van der Waals surface area contributed by atoms with Crippen molar-refractivity contribution in [2.24, 2.45) is 11.8 Å². The number of nitrogens with zero attached hydrogens (tertiary/aromatic N) is 1. The molecule has 35 heavy (non-hydrogen) atoms. The zero-order valence-corrected chi connectivity index (χ0v) is 21.4. The molecule has 2 aliphatic carbocycles. The lowest BCUT2D eigenvalue weighted by molar-refractivity contribution is -0.0690. The van der Waals surface area contributed by atoms with E-state index < -0.39 is 0 Å². The van der Waals surface area contributed by atoms with Gasteiger partial charge in [0.25, 0.3) is 0 Å². The van der Waals surface area contributed by atoms with Gasteiger partial charge in [0.15, 0.2) is 0 Å². The van der Waals surface area contributed by atoms with Crippen molar-refractivity contribution in [2.45, 2.75) is 115 Å². The van der Waals surface area contributed by atoms with Crippen molar-refractivity contribution in [3.63, 3.8) is 0 Å². The molecule has 1 saturated heterocycles. The monoisotopic (exact) mass is 483 g/mol. The van der Waals surface area contributed by atoms with Crippen LogP contribution in [0.5, 0.6) is 0 Å². The number of aliphatic hydroxyl groups excluding tert-OH is 1. The van der Waals surface area contributed by atoms with Crippen LogP contribution >= 0.6 is 0 Å². The van der Waals surface area contributed by atoms with Crippen molar-refractivity contribution in [3.8, 4) is 0 Å². The van der Waals surface area contributed by atoms with Gasteiger partial charge in [-0.25, -0.2) is 4.79 Å².